The molecule has 0 fully saturated rings. The lowest BCUT2D eigenvalue weighted by molar-refractivity contribution is -0.384. The van der Waals surface area contributed by atoms with E-state index in [0.717, 1.165) is 17.7 Å². The molecule has 11 nitrogen and oxygen atoms in total. The van der Waals surface area contributed by atoms with Crippen LogP contribution in [0.1, 0.15) is 34.7 Å². The molecule has 34 heavy (non-hydrogen) atoms. The van der Waals surface area contributed by atoms with Crippen LogP contribution in [0.3, 0.4) is 0 Å². The first-order valence-electron chi connectivity index (χ1n) is 10.1. The van der Waals surface area contributed by atoms with Gasteiger partial charge < -0.3 is 5.32 Å². The number of non-ortho nitro benzene ring substituents is 1. The number of nitrogens with zero attached hydrogens (tertiary/aromatic N) is 2. The molecule has 2 aromatic carbocycles. The molecule has 1 aromatic heterocycles. The minimum absolute atomic E-state index is 0.0272. The summed E-state index contributed by atoms with van der Waals surface area (Å²) in [5.74, 6) is -2.34. The molecule has 0 radical (unpaired) electrons. The Morgan fingerprint density at radius 2 is 1.74 bits per heavy atom. The fourth-order valence-corrected chi connectivity index (χ4v) is 3.27. The SMILES string of the molecule is CC(C)[C@H](NC(=O)c1ccc([N+](=O)[O-])cc1Cl)C(=O)NNC(=O)c1cc(-c2ccccc2)n[nH]1. The standard InChI is InChI=1S/C22H21ClN6O5/c1-12(2)19(24-20(30)15-9-8-14(29(33)34)10-16(15)23)22(32)28-27-21(31)18-11-17(25-26-18)13-6-4-3-5-7-13/h3-12,19H,1-2H3,(H,24,30)(H,25,26)(H,27,31)(H,28,32)/t19-/m0/s1. The van der Waals surface area contributed by atoms with Crippen LogP contribution >= 0.6 is 11.6 Å². The normalized spacial score (nSPS) is 11.5. The maximum atomic E-state index is 12.7. The number of aromatic nitrogens is 2. The van der Waals surface area contributed by atoms with E-state index in [2.05, 4.69) is 26.4 Å². The Balaban J connectivity index is 1.63. The Morgan fingerprint density at radius 1 is 1.03 bits per heavy atom. The second-order valence-corrected chi connectivity index (χ2v) is 8.00. The van der Waals surface area contributed by atoms with Crippen molar-refractivity contribution in [3.05, 3.63) is 81.0 Å². The van der Waals surface area contributed by atoms with Gasteiger partial charge in [-0.2, -0.15) is 5.10 Å². The summed E-state index contributed by atoms with van der Waals surface area (Å²) in [6.07, 6.45) is 0. The number of aromatic amines is 1. The summed E-state index contributed by atoms with van der Waals surface area (Å²) in [6.45, 7) is 3.40. The molecule has 0 saturated carbocycles. The van der Waals surface area contributed by atoms with Gasteiger partial charge in [-0.3, -0.25) is 40.4 Å². The zero-order chi connectivity index (χ0) is 24.8. The summed E-state index contributed by atoms with van der Waals surface area (Å²) in [7, 11) is 0. The number of nitro benzene ring substituents is 1. The van der Waals surface area contributed by atoms with Crippen LogP contribution < -0.4 is 16.2 Å². The average Bonchev–Trinajstić information content (AvgIpc) is 3.31. The van der Waals surface area contributed by atoms with Crippen molar-refractivity contribution >= 4 is 35.0 Å². The predicted molar refractivity (Wildman–Crippen MR) is 124 cm³/mol. The van der Waals surface area contributed by atoms with Crippen LogP contribution in [0.5, 0.6) is 0 Å². The molecule has 0 aliphatic carbocycles. The molecule has 0 aliphatic rings. The number of carbonyl (C=O) groups excluding carboxylic acids is 3. The largest absolute Gasteiger partial charge is 0.340 e. The van der Waals surface area contributed by atoms with Gasteiger partial charge in [0.15, 0.2) is 0 Å². The van der Waals surface area contributed by atoms with E-state index in [1.165, 1.54) is 12.1 Å². The number of rotatable bonds is 7. The molecular formula is C22H21ClN6O5. The number of hydrogen-bond donors (Lipinski definition) is 4. The maximum absolute atomic E-state index is 12.7. The van der Waals surface area contributed by atoms with E-state index < -0.39 is 28.7 Å². The second-order valence-electron chi connectivity index (χ2n) is 7.59. The van der Waals surface area contributed by atoms with E-state index in [1.807, 2.05) is 30.3 Å². The molecule has 1 heterocycles. The van der Waals surface area contributed by atoms with Crippen molar-refractivity contribution in [1.29, 1.82) is 0 Å². The first-order valence-corrected chi connectivity index (χ1v) is 10.5. The van der Waals surface area contributed by atoms with Crippen LogP contribution in [-0.2, 0) is 4.79 Å². The van der Waals surface area contributed by atoms with Crippen molar-refractivity contribution in [3.63, 3.8) is 0 Å². The van der Waals surface area contributed by atoms with Gasteiger partial charge >= 0.3 is 0 Å². The molecule has 0 aliphatic heterocycles. The second kappa shape index (κ2) is 10.6. The number of nitro groups is 1. The molecule has 0 unspecified atom stereocenters. The smallest absolute Gasteiger partial charge is 0.287 e. The summed E-state index contributed by atoms with van der Waals surface area (Å²) in [4.78, 5) is 47.9. The van der Waals surface area contributed by atoms with Gasteiger partial charge in [-0.15, -0.1) is 0 Å². The topological polar surface area (TPSA) is 159 Å². The number of amides is 3. The van der Waals surface area contributed by atoms with Gasteiger partial charge in [-0.05, 0) is 18.1 Å². The molecule has 3 amide bonds. The lowest BCUT2D eigenvalue weighted by Crippen LogP contribution is -2.54. The molecule has 0 spiro atoms. The number of nitrogens with one attached hydrogen (secondary N) is 4. The first-order chi connectivity index (χ1) is 16.2. The van der Waals surface area contributed by atoms with Crippen molar-refractivity contribution in [3.8, 4) is 11.3 Å². The zero-order valence-electron chi connectivity index (χ0n) is 18.2. The highest BCUT2D eigenvalue weighted by Gasteiger charge is 2.26. The van der Waals surface area contributed by atoms with Crippen LogP contribution in [0.2, 0.25) is 5.02 Å². The van der Waals surface area contributed by atoms with Gasteiger partial charge in [0, 0.05) is 17.7 Å². The Morgan fingerprint density at radius 3 is 2.35 bits per heavy atom. The minimum atomic E-state index is -1.03. The Bertz CT molecular complexity index is 1230. The number of H-pyrrole nitrogens is 1. The minimum Gasteiger partial charge on any atom is -0.340 e. The number of carbonyl (C=O) groups is 3. The van der Waals surface area contributed by atoms with Gasteiger partial charge in [0.25, 0.3) is 23.4 Å². The molecule has 3 rings (SSSR count). The van der Waals surface area contributed by atoms with Crippen molar-refractivity contribution in [2.45, 2.75) is 19.9 Å². The monoisotopic (exact) mass is 484 g/mol. The number of halogens is 1. The van der Waals surface area contributed by atoms with E-state index in [4.69, 9.17) is 11.6 Å². The molecule has 0 bridgehead atoms. The molecule has 176 valence electrons. The van der Waals surface area contributed by atoms with Crippen molar-refractivity contribution in [1.82, 2.24) is 26.4 Å². The molecule has 0 saturated heterocycles. The molecule has 12 heteroatoms. The summed E-state index contributed by atoms with van der Waals surface area (Å²) in [5, 5.41) is 19.9. The third kappa shape index (κ3) is 5.75. The zero-order valence-corrected chi connectivity index (χ0v) is 18.9. The van der Waals surface area contributed by atoms with Crippen LogP contribution in [-0.4, -0.2) is 38.9 Å². The third-order valence-corrected chi connectivity index (χ3v) is 5.15. The number of hydrogen-bond acceptors (Lipinski definition) is 6. The van der Waals surface area contributed by atoms with Crippen molar-refractivity contribution in [2.24, 2.45) is 5.92 Å². The van der Waals surface area contributed by atoms with Gasteiger partial charge in [-0.1, -0.05) is 55.8 Å². The molecule has 4 N–H and O–H groups in total. The van der Waals surface area contributed by atoms with Crippen LogP contribution in [0.25, 0.3) is 11.3 Å². The van der Waals surface area contributed by atoms with E-state index in [-0.39, 0.29) is 27.9 Å². The van der Waals surface area contributed by atoms with Crippen LogP contribution in [0, 0.1) is 16.0 Å². The summed E-state index contributed by atoms with van der Waals surface area (Å²) >= 11 is 6.00. The predicted octanol–water partition coefficient (Wildman–Crippen LogP) is 2.85. The Hall–Kier alpha value is -4.25. The molecule has 1 atom stereocenters. The quantitative estimate of drug-likeness (QED) is 0.298. The van der Waals surface area contributed by atoms with Gasteiger partial charge in [-0.25, -0.2) is 0 Å². The van der Waals surface area contributed by atoms with E-state index in [0.29, 0.717) is 5.69 Å². The fourth-order valence-electron chi connectivity index (χ4n) is 3.01. The highest BCUT2D eigenvalue weighted by atomic mass is 35.5. The first kappa shape index (κ1) is 24.4. The summed E-state index contributed by atoms with van der Waals surface area (Å²) < 4.78 is 0. The Kier molecular flexibility index (Phi) is 7.59. The Labute approximate surface area is 199 Å². The lowest BCUT2D eigenvalue weighted by atomic mass is 10.0. The van der Waals surface area contributed by atoms with Gasteiger partial charge in [0.05, 0.1) is 21.2 Å². The third-order valence-electron chi connectivity index (χ3n) is 4.84. The van der Waals surface area contributed by atoms with Crippen molar-refractivity contribution < 1.29 is 19.3 Å². The highest BCUT2D eigenvalue weighted by Crippen LogP contribution is 2.23. The molecule has 3 aromatic rings. The van der Waals surface area contributed by atoms with E-state index in [9.17, 15) is 24.5 Å². The lowest BCUT2D eigenvalue weighted by Gasteiger charge is -2.22. The number of benzene rings is 2. The summed E-state index contributed by atoms with van der Waals surface area (Å²) in [5.41, 5.74) is 5.77. The highest BCUT2D eigenvalue weighted by molar-refractivity contribution is 6.34. The fraction of sp³-hybridized carbons (Fsp3) is 0.182. The average molecular weight is 485 g/mol. The van der Waals surface area contributed by atoms with E-state index >= 15 is 0 Å². The van der Waals surface area contributed by atoms with Crippen LogP contribution in [0.4, 0.5) is 5.69 Å². The number of hydrazine groups is 1. The summed E-state index contributed by atoms with van der Waals surface area (Å²) in [6, 6.07) is 13.1. The maximum Gasteiger partial charge on any atom is 0.287 e. The van der Waals surface area contributed by atoms with Crippen molar-refractivity contribution in [2.75, 3.05) is 0 Å². The van der Waals surface area contributed by atoms with Gasteiger partial charge in [0.2, 0.25) is 0 Å². The van der Waals surface area contributed by atoms with Crippen LogP contribution in [0.15, 0.2) is 54.6 Å². The van der Waals surface area contributed by atoms with Gasteiger partial charge in [0.1, 0.15) is 11.7 Å². The molecular weight excluding hydrogens is 464 g/mol. The van der Waals surface area contributed by atoms with E-state index in [1.54, 1.807) is 13.8 Å².